The molecule has 4 amide bonds. The Bertz CT molecular complexity index is 2460. The van der Waals surface area contributed by atoms with Crippen molar-refractivity contribution < 1.29 is 28.8 Å². The van der Waals surface area contributed by atoms with Crippen LogP contribution < -0.4 is 21.3 Å². The van der Waals surface area contributed by atoms with Gasteiger partial charge in [0.15, 0.2) is 11.6 Å². The SMILES string of the molecule is CC(=O)C(N=Nc1cccc(C(=O)Nc2cccc(CCl)c2)c1Cl)C(=O)Nc1ccc(NC(=O)C(N=Nc2cccc(C(=O)Nc3cccc(CCl)c3)c2Cl)C(C)=O)c(Cl)c1Cl. The number of azo groups is 2. The molecule has 0 aliphatic rings. The second kappa shape index (κ2) is 21.9. The lowest BCUT2D eigenvalue weighted by Gasteiger charge is -2.15. The first-order valence-electron chi connectivity index (χ1n) is 18.0. The number of hydrogen-bond acceptors (Lipinski definition) is 10. The highest BCUT2D eigenvalue weighted by Gasteiger charge is 2.27. The fourth-order valence-electron chi connectivity index (χ4n) is 5.43. The van der Waals surface area contributed by atoms with Crippen LogP contribution in [0.5, 0.6) is 0 Å². The highest BCUT2D eigenvalue weighted by molar-refractivity contribution is 6.46. The van der Waals surface area contributed by atoms with Gasteiger partial charge in [0.1, 0.15) is 11.4 Å². The molecule has 2 unspecified atom stereocenters. The number of rotatable bonds is 16. The molecule has 0 radical (unpaired) electrons. The predicted molar refractivity (Wildman–Crippen MR) is 242 cm³/mol. The van der Waals surface area contributed by atoms with E-state index in [1.54, 1.807) is 48.5 Å². The van der Waals surface area contributed by atoms with Crippen LogP contribution in [0.4, 0.5) is 34.1 Å². The Balaban J connectivity index is 1.26. The van der Waals surface area contributed by atoms with E-state index in [1.165, 1.54) is 48.5 Å². The maximum Gasteiger partial charge on any atom is 0.258 e. The lowest BCUT2D eigenvalue weighted by atomic mass is 10.1. The van der Waals surface area contributed by atoms with Gasteiger partial charge in [-0.25, -0.2) is 0 Å². The number of nitrogens with one attached hydrogen (secondary N) is 4. The lowest BCUT2D eigenvalue weighted by Crippen LogP contribution is -2.32. The van der Waals surface area contributed by atoms with Gasteiger partial charge in [-0.15, -0.1) is 23.2 Å². The van der Waals surface area contributed by atoms with Crippen molar-refractivity contribution in [2.24, 2.45) is 20.5 Å². The van der Waals surface area contributed by atoms with E-state index < -0.39 is 47.3 Å². The lowest BCUT2D eigenvalue weighted by molar-refractivity contribution is -0.127. The summed E-state index contributed by atoms with van der Waals surface area (Å²) in [6.07, 6.45) is 0. The molecule has 5 aromatic rings. The van der Waals surface area contributed by atoms with Gasteiger partial charge in [-0.3, -0.25) is 28.8 Å². The van der Waals surface area contributed by atoms with Gasteiger partial charge >= 0.3 is 0 Å². The Morgan fingerprint density at radius 1 is 0.500 bits per heavy atom. The molecule has 2 atom stereocenters. The maximum atomic E-state index is 13.3. The summed E-state index contributed by atoms with van der Waals surface area (Å²) < 4.78 is 0. The van der Waals surface area contributed by atoms with E-state index in [-0.39, 0.29) is 65.7 Å². The number of ketones is 2. The van der Waals surface area contributed by atoms with Crippen LogP contribution in [0.2, 0.25) is 20.1 Å². The van der Waals surface area contributed by atoms with Crippen molar-refractivity contribution in [3.05, 3.63) is 139 Å². The summed E-state index contributed by atoms with van der Waals surface area (Å²) in [5.74, 6) is -3.89. The number of carbonyl (C=O) groups is 6. The number of benzene rings is 5. The number of alkyl halides is 2. The second-order valence-electron chi connectivity index (χ2n) is 13.1. The largest absolute Gasteiger partial charge is 0.322 e. The van der Waals surface area contributed by atoms with Crippen LogP contribution in [0.15, 0.2) is 118 Å². The molecule has 14 nitrogen and oxygen atoms in total. The highest BCUT2D eigenvalue weighted by atomic mass is 35.5. The van der Waals surface area contributed by atoms with E-state index in [9.17, 15) is 28.8 Å². The molecule has 0 fully saturated rings. The smallest absolute Gasteiger partial charge is 0.258 e. The van der Waals surface area contributed by atoms with Crippen molar-refractivity contribution in [3.8, 4) is 0 Å². The number of nitrogens with zero attached hydrogens (tertiary/aromatic N) is 4. The normalized spacial score (nSPS) is 12.1. The van der Waals surface area contributed by atoms with Crippen LogP contribution in [-0.2, 0) is 30.9 Å². The van der Waals surface area contributed by atoms with Crippen LogP contribution in [-0.4, -0.2) is 47.3 Å². The molecule has 5 aromatic carbocycles. The number of Topliss-reactive ketones (excluding diaryl/α,β-unsaturated/α-hetero) is 2. The first-order chi connectivity index (χ1) is 29.6. The van der Waals surface area contributed by atoms with Crippen LogP contribution in [0.25, 0.3) is 0 Å². The minimum absolute atomic E-state index is 0.00192. The Morgan fingerprint density at radius 3 is 1.23 bits per heavy atom. The number of halogens is 6. The topological polar surface area (TPSA) is 200 Å². The monoisotopic (exact) mass is 954 g/mol. The molecule has 0 spiro atoms. The van der Waals surface area contributed by atoms with Gasteiger partial charge in [-0.05, 0) is 85.6 Å². The van der Waals surface area contributed by atoms with Crippen molar-refractivity contribution >= 4 is 139 Å². The predicted octanol–water partition coefficient (Wildman–Crippen LogP) is 11.6. The van der Waals surface area contributed by atoms with E-state index in [2.05, 4.69) is 41.7 Å². The minimum atomic E-state index is -1.69. The second-order valence-corrected chi connectivity index (χ2v) is 15.1. The van der Waals surface area contributed by atoms with Crippen LogP contribution >= 0.6 is 69.6 Å². The third kappa shape index (κ3) is 12.0. The number of hydrogen-bond donors (Lipinski definition) is 4. The third-order valence-corrected chi connectivity index (χ3v) is 10.8. The van der Waals surface area contributed by atoms with Gasteiger partial charge in [0, 0.05) is 23.1 Å². The van der Waals surface area contributed by atoms with Crippen molar-refractivity contribution in [2.45, 2.75) is 37.7 Å². The zero-order chi connectivity index (χ0) is 45.1. The summed E-state index contributed by atoms with van der Waals surface area (Å²) in [5.41, 5.74) is 2.53. The Kier molecular flexibility index (Phi) is 16.7. The Labute approximate surface area is 384 Å². The fourth-order valence-corrected chi connectivity index (χ4v) is 6.68. The quantitative estimate of drug-likeness (QED) is 0.0431. The first-order valence-corrected chi connectivity index (χ1v) is 20.6. The Hall–Kier alpha value is -5.74. The van der Waals surface area contributed by atoms with Gasteiger partial charge in [0.05, 0.1) is 42.6 Å². The molecule has 62 heavy (non-hydrogen) atoms. The molecular weight excluding hydrogens is 925 g/mol. The molecule has 0 saturated heterocycles. The summed E-state index contributed by atoms with van der Waals surface area (Å²) in [6, 6.07) is 21.8. The molecule has 0 bridgehead atoms. The van der Waals surface area contributed by atoms with Gasteiger partial charge in [0.2, 0.25) is 12.1 Å². The summed E-state index contributed by atoms with van der Waals surface area (Å²) in [7, 11) is 0. The number of anilines is 4. The molecule has 20 heteroatoms. The van der Waals surface area contributed by atoms with Crippen molar-refractivity contribution in [1.29, 1.82) is 0 Å². The van der Waals surface area contributed by atoms with E-state index in [4.69, 9.17) is 69.6 Å². The van der Waals surface area contributed by atoms with Crippen molar-refractivity contribution in [3.63, 3.8) is 0 Å². The average molecular weight is 957 g/mol. The zero-order valence-electron chi connectivity index (χ0n) is 32.3. The van der Waals surface area contributed by atoms with E-state index in [0.717, 1.165) is 25.0 Å². The third-order valence-electron chi connectivity index (χ3n) is 8.55. The van der Waals surface area contributed by atoms with Gasteiger partial charge in [-0.2, -0.15) is 20.5 Å². The molecule has 0 heterocycles. The highest BCUT2D eigenvalue weighted by Crippen LogP contribution is 2.37. The molecule has 0 aromatic heterocycles. The average Bonchev–Trinajstić information content (AvgIpc) is 3.24. The summed E-state index contributed by atoms with van der Waals surface area (Å²) >= 11 is 37.7. The molecule has 5 rings (SSSR count). The number of carbonyl (C=O) groups excluding carboxylic acids is 6. The molecule has 0 saturated carbocycles. The van der Waals surface area contributed by atoms with Crippen molar-refractivity contribution in [1.82, 2.24) is 0 Å². The Morgan fingerprint density at radius 2 is 0.871 bits per heavy atom. The van der Waals surface area contributed by atoms with E-state index >= 15 is 0 Å². The van der Waals surface area contributed by atoms with Crippen LogP contribution in [0.1, 0.15) is 45.7 Å². The zero-order valence-corrected chi connectivity index (χ0v) is 36.8. The standard InChI is InChI=1S/C42H32Cl6N8O6/c1-21(57)37(55-53-31-13-5-11-27(33(31)45)39(59)49-25-9-3-7-23(17-25)19-43)41(61)51-29-15-16-30(36(48)35(29)47)52-42(62)38(22(2)58)56-54-32-14-6-12-28(34(32)46)40(60)50-26-10-4-8-24(18-26)20-44/h3-18,37-38H,19-20H2,1-2H3,(H,49,59)(H,50,60)(H,51,61)(H,52,62). The fraction of sp³-hybridized carbons (Fsp3) is 0.143. The van der Waals surface area contributed by atoms with Gasteiger partial charge < -0.3 is 21.3 Å². The van der Waals surface area contributed by atoms with Gasteiger partial charge in [0.25, 0.3) is 23.6 Å². The number of amides is 4. The van der Waals surface area contributed by atoms with E-state index in [0.29, 0.717) is 11.4 Å². The molecule has 0 aliphatic heterocycles. The molecule has 0 aliphatic carbocycles. The molecule has 318 valence electrons. The first kappa shape index (κ1) is 47.3. The minimum Gasteiger partial charge on any atom is -0.322 e. The maximum absolute atomic E-state index is 13.3. The molecular formula is C42H32Cl6N8O6. The van der Waals surface area contributed by atoms with Crippen LogP contribution in [0.3, 0.4) is 0 Å². The summed E-state index contributed by atoms with van der Waals surface area (Å²) in [4.78, 5) is 77.8. The van der Waals surface area contributed by atoms with Gasteiger partial charge in [-0.1, -0.05) is 82.8 Å². The molecule has 4 N–H and O–H groups in total. The van der Waals surface area contributed by atoms with Crippen LogP contribution in [0, 0.1) is 0 Å². The van der Waals surface area contributed by atoms with Crippen molar-refractivity contribution in [2.75, 3.05) is 21.3 Å². The van der Waals surface area contributed by atoms with E-state index in [1.807, 2.05) is 0 Å². The summed E-state index contributed by atoms with van der Waals surface area (Å²) in [6.45, 7) is 2.23. The summed E-state index contributed by atoms with van der Waals surface area (Å²) in [5, 5.41) is 25.5.